The van der Waals surface area contributed by atoms with Gasteiger partial charge in [-0.2, -0.15) is 13.2 Å². The standard InChI is InChI=1S/C10H9F3N2/c1-3-7(2)15-9-8(10(11,12)13)5-4-6-14-9/h1,4-7H,2H3,(H,14,15). The Morgan fingerprint density at radius 1 is 1.53 bits per heavy atom. The second kappa shape index (κ2) is 4.22. The van der Waals surface area contributed by atoms with Gasteiger partial charge in [-0.15, -0.1) is 6.42 Å². The number of alkyl halides is 3. The third-order valence-electron chi connectivity index (χ3n) is 1.72. The topological polar surface area (TPSA) is 24.9 Å². The van der Waals surface area contributed by atoms with Gasteiger partial charge < -0.3 is 5.32 Å². The molecule has 0 spiro atoms. The highest BCUT2D eigenvalue weighted by Gasteiger charge is 2.34. The van der Waals surface area contributed by atoms with E-state index in [1.54, 1.807) is 6.92 Å². The van der Waals surface area contributed by atoms with Crippen molar-refractivity contribution in [2.24, 2.45) is 0 Å². The molecule has 1 heterocycles. The maximum Gasteiger partial charge on any atom is 0.419 e. The number of halogens is 3. The van der Waals surface area contributed by atoms with Gasteiger partial charge in [-0.25, -0.2) is 4.98 Å². The van der Waals surface area contributed by atoms with Crippen LogP contribution in [-0.2, 0) is 6.18 Å². The van der Waals surface area contributed by atoms with E-state index in [-0.39, 0.29) is 5.82 Å². The van der Waals surface area contributed by atoms with E-state index in [1.165, 1.54) is 12.3 Å². The van der Waals surface area contributed by atoms with Crippen LogP contribution in [0, 0.1) is 12.3 Å². The quantitative estimate of drug-likeness (QED) is 0.765. The Morgan fingerprint density at radius 2 is 2.20 bits per heavy atom. The van der Waals surface area contributed by atoms with Gasteiger partial charge in [0.2, 0.25) is 0 Å². The van der Waals surface area contributed by atoms with Crippen molar-refractivity contribution in [3.05, 3.63) is 23.9 Å². The zero-order valence-electron chi connectivity index (χ0n) is 7.97. The van der Waals surface area contributed by atoms with Crippen molar-refractivity contribution in [3.8, 4) is 12.3 Å². The molecule has 0 saturated heterocycles. The minimum atomic E-state index is -4.43. The summed E-state index contributed by atoms with van der Waals surface area (Å²) in [6.45, 7) is 1.58. The summed E-state index contributed by atoms with van der Waals surface area (Å²) in [5.74, 6) is 2.03. The minimum Gasteiger partial charge on any atom is -0.356 e. The van der Waals surface area contributed by atoms with Crippen LogP contribution in [0.3, 0.4) is 0 Å². The molecule has 1 aromatic rings. The highest BCUT2D eigenvalue weighted by atomic mass is 19.4. The maximum absolute atomic E-state index is 12.5. The first-order chi connectivity index (χ1) is 6.95. The third kappa shape index (κ3) is 2.88. The molecule has 80 valence electrons. The fourth-order valence-electron chi connectivity index (χ4n) is 0.996. The molecule has 1 unspecified atom stereocenters. The number of aromatic nitrogens is 1. The van der Waals surface area contributed by atoms with E-state index in [2.05, 4.69) is 16.2 Å². The lowest BCUT2D eigenvalue weighted by atomic mass is 10.2. The molecule has 0 bridgehead atoms. The van der Waals surface area contributed by atoms with Crippen LogP contribution in [0.1, 0.15) is 12.5 Å². The van der Waals surface area contributed by atoms with Gasteiger partial charge in [0, 0.05) is 6.20 Å². The Kier molecular flexibility index (Phi) is 3.20. The summed E-state index contributed by atoms with van der Waals surface area (Å²) in [6, 6.07) is 1.69. The number of nitrogens with zero attached hydrogens (tertiary/aromatic N) is 1. The lowest BCUT2D eigenvalue weighted by molar-refractivity contribution is -0.137. The smallest absolute Gasteiger partial charge is 0.356 e. The molecule has 15 heavy (non-hydrogen) atoms. The molecule has 0 amide bonds. The van der Waals surface area contributed by atoms with E-state index < -0.39 is 17.8 Å². The van der Waals surface area contributed by atoms with Gasteiger partial charge in [-0.3, -0.25) is 0 Å². The summed E-state index contributed by atoms with van der Waals surface area (Å²) < 4.78 is 37.4. The summed E-state index contributed by atoms with van der Waals surface area (Å²) >= 11 is 0. The molecule has 0 fully saturated rings. The predicted octanol–water partition coefficient (Wildman–Crippen LogP) is 2.53. The van der Waals surface area contributed by atoms with Gasteiger partial charge in [0.1, 0.15) is 5.82 Å². The number of nitrogens with one attached hydrogen (secondary N) is 1. The highest BCUT2D eigenvalue weighted by Crippen LogP contribution is 2.33. The van der Waals surface area contributed by atoms with Gasteiger partial charge in [0.25, 0.3) is 0 Å². The van der Waals surface area contributed by atoms with Crippen LogP contribution < -0.4 is 5.32 Å². The van der Waals surface area contributed by atoms with Crippen LogP contribution in [0.5, 0.6) is 0 Å². The second-order valence-electron chi connectivity index (χ2n) is 2.93. The predicted molar refractivity (Wildman–Crippen MR) is 51.2 cm³/mol. The van der Waals surface area contributed by atoms with Crippen molar-refractivity contribution >= 4 is 5.82 Å². The third-order valence-corrected chi connectivity index (χ3v) is 1.72. The summed E-state index contributed by atoms with van der Waals surface area (Å²) in [7, 11) is 0. The minimum absolute atomic E-state index is 0.240. The maximum atomic E-state index is 12.5. The molecule has 1 atom stereocenters. The number of terminal acetylenes is 1. The number of pyridine rings is 1. The summed E-state index contributed by atoms with van der Waals surface area (Å²) in [5.41, 5.74) is -0.813. The number of hydrogen-bond acceptors (Lipinski definition) is 2. The van der Waals surface area contributed by atoms with Gasteiger partial charge >= 0.3 is 6.18 Å². The van der Waals surface area contributed by atoms with Crippen molar-refractivity contribution in [3.63, 3.8) is 0 Å². The Balaban J connectivity index is 3.03. The molecule has 0 radical (unpaired) electrons. The van der Waals surface area contributed by atoms with E-state index in [0.29, 0.717) is 0 Å². The number of hydrogen-bond donors (Lipinski definition) is 1. The lowest BCUT2D eigenvalue weighted by Gasteiger charge is -2.14. The number of anilines is 1. The van der Waals surface area contributed by atoms with Crippen molar-refractivity contribution in [1.82, 2.24) is 4.98 Å². The zero-order valence-corrected chi connectivity index (χ0v) is 7.97. The summed E-state index contributed by atoms with van der Waals surface area (Å²) in [6.07, 6.45) is 1.91. The van der Waals surface area contributed by atoms with Crippen molar-refractivity contribution in [2.45, 2.75) is 19.1 Å². The van der Waals surface area contributed by atoms with Crippen LogP contribution in [0.25, 0.3) is 0 Å². The van der Waals surface area contributed by atoms with Gasteiger partial charge in [0.15, 0.2) is 0 Å². The van der Waals surface area contributed by atoms with E-state index in [4.69, 9.17) is 6.42 Å². The Morgan fingerprint density at radius 3 is 2.73 bits per heavy atom. The van der Waals surface area contributed by atoms with Gasteiger partial charge in [0.05, 0.1) is 11.6 Å². The average Bonchev–Trinajstić information content (AvgIpc) is 2.17. The first-order valence-corrected chi connectivity index (χ1v) is 4.20. The Bertz CT molecular complexity index is 379. The van der Waals surface area contributed by atoms with Gasteiger partial charge in [-0.05, 0) is 19.1 Å². The van der Waals surface area contributed by atoms with E-state index in [0.717, 1.165) is 6.07 Å². The molecular weight excluding hydrogens is 205 g/mol. The molecule has 1 N–H and O–H groups in total. The molecule has 2 nitrogen and oxygen atoms in total. The van der Waals surface area contributed by atoms with Crippen LogP contribution in [-0.4, -0.2) is 11.0 Å². The molecular formula is C10H9F3N2. The van der Waals surface area contributed by atoms with Crippen molar-refractivity contribution in [1.29, 1.82) is 0 Å². The van der Waals surface area contributed by atoms with Gasteiger partial charge in [-0.1, -0.05) is 5.92 Å². The van der Waals surface area contributed by atoms with E-state index >= 15 is 0 Å². The zero-order chi connectivity index (χ0) is 11.5. The molecule has 0 aromatic carbocycles. The monoisotopic (exact) mass is 214 g/mol. The lowest BCUT2D eigenvalue weighted by Crippen LogP contribution is -2.18. The fraction of sp³-hybridized carbons (Fsp3) is 0.300. The largest absolute Gasteiger partial charge is 0.419 e. The van der Waals surface area contributed by atoms with Crippen molar-refractivity contribution in [2.75, 3.05) is 5.32 Å². The molecule has 0 saturated carbocycles. The SMILES string of the molecule is C#CC(C)Nc1ncccc1C(F)(F)F. The molecule has 1 aromatic heterocycles. The molecule has 0 aliphatic carbocycles. The Hall–Kier alpha value is -1.70. The Labute approximate surface area is 85.5 Å². The number of rotatable bonds is 2. The van der Waals surface area contributed by atoms with Crippen LogP contribution in [0.4, 0.5) is 19.0 Å². The summed E-state index contributed by atoms with van der Waals surface area (Å²) in [5, 5.41) is 2.50. The first kappa shape index (κ1) is 11.4. The van der Waals surface area contributed by atoms with Crippen LogP contribution in [0.2, 0.25) is 0 Å². The normalized spacial score (nSPS) is 13.0. The van der Waals surface area contributed by atoms with E-state index in [1.807, 2.05) is 0 Å². The highest BCUT2D eigenvalue weighted by molar-refractivity contribution is 5.47. The van der Waals surface area contributed by atoms with Crippen LogP contribution in [0.15, 0.2) is 18.3 Å². The van der Waals surface area contributed by atoms with Crippen LogP contribution >= 0.6 is 0 Å². The van der Waals surface area contributed by atoms with Crippen molar-refractivity contribution < 1.29 is 13.2 Å². The molecule has 0 aliphatic rings. The first-order valence-electron chi connectivity index (χ1n) is 4.20. The van der Waals surface area contributed by atoms with E-state index in [9.17, 15) is 13.2 Å². The summed E-state index contributed by atoms with van der Waals surface area (Å²) in [4.78, 5) is 3.61. The fourth-order valence-corrected chi connectivity index (χ4v) is 0.996. The average molecular weight is 214 g/mol. The molecule has 5 heteroatoms. The second-order valence-corrected chi connectivity index (χ2v) is 2.93. The molecule has 0 aliphatic heterocycles. The molecule has 1 rings (SSSR count).